The van der Waals surface area contributed by atoms with Crippen LogP contribution in [0.4, 0.5) is 16.2 Å². The summed E-state index contributed by atoms with van der Waals surface area (Å²) in [6, 6.07) is 22.5. The van der Waals surface area contributed by atoms with Crippen LogP contribution in [-0.2, 0) is 4.79 Å². The lowest BCUT2D eigenvalue weighted by Gasteiger charge is -2.08. The molecule has 3 N–H and O–H groups in total. The van der Waals surface area contributed by atoms with E-state index in [0.29, 0.717) is 22.1 Å². The molecule has 0 saturated carbocycles. The molecule has 0 aliphatic carbocycles. The molecule has 30 heavy (non-hydrogen) atoms. The zero-order chi connectivity index (χ0) is 21.2. The molecule has 3 amide bonds. The highest BCUT2D eigenvalue weighted by molar-refractivity contribution is 6.33. The molecule has 3 aromatic carbocycles. The maximum atomic E-state index is 12.0. The summed E-state index contributed by atoms with van der Waals surface area (Å²) in [5, 5.41) is 9.69. The van der Waals surface area contributed by atoms with Crippen LogP contribution >= 0.6 is 11.6 Å². The van der Waals surface area contributed by atoms with Gasteiger partial charge in [-0.3, -0.25) is 4.79 Å². The highest BCUT2D eigenvalue weighted by Crippen LogP contribution is 2.20. The van der Waals surface area contributed by atoms with E-state index in [-0.39, 0.29) is 12.5 Å². The minimum atomic E-state index is -0.443. The first-order valence-corrected chi connectivity index (χ1v) is 9.40. The third kappa shape index (κ3) is 6.65. The number of nitrogens with one attached hydrogen (secondary N) is 3. The van der Waals surface area contributed by atoms with E-state index in [1.807, 2.05) is 18.2 Å². The van der Waals surface area contributed by atoms with E-state index in [0.717, 1.165) is 5.56 Å². The molecular weight excluding hydrogens is 404 g/mol. The van der Waals surface area contributed by atoms with Crippen LogP contribution in [-0.4, -0.2) is 24.8 Å². The second-order valence-electron chi connectivity index (χ2n) is 6.08. The minimum absolute atomic E-state index is 0.153. The molecule has 3 rings (SSSR count). The number of carbonyl (C=O) groups is 2. The molecule has 3 aromatic rings. The summed E-state index contributed by atoms with van der Waals surface area (Å²) >= 11 is 6.01. The van der Waals surface area contributed by atoms with Gasteiger partial charge in [-0.25, -0.2) is 10.2 Å². The van der Waals surface area contributed by atoms with E-state index in [1.54, 1.807) is 60.7 Å². The van der Waals surface area contributed by atoms with Gasteiger partial charge in [0.1, 0.15) is 5.75 Å². The van der Waals surface area contributed by atoms with Gasteiger partial charge in [-0.1, -0.05) is 41.9 Å². The SMILES string of the molecule is O=C(COc1ccc(/C=N\NC(=O)Nc2ccccc2)cc1)Nc1ccccc1Cl. The van der Waals surface area contributed by atoms with Gasteiger partial charge < -0.3 is 15.4 Å². The van der Waals surface area contributed by atoms with Crippen molar-refractivity contribution in [3.05, 3.63) is 89.4 Å². The lowest BCUT2D eigenvalue weighted by molar-refractivity contribution is -0.118. The van der Waals surface area contributed by atoms with Crippen LogP contribution in [0.5, 0.6) is 5.75 Å². The monoisotopic (exact) mass is 422 g/mol. The van der Waals surface area contributed by atoms with Crippen LogP contribution in [0.1, 0.15) is 5.56 Å². The average molecular weight is 423 g/mol. The minimum Gasteiger partial charge on any atom is -0.484 e. The summed E-state index contributed by atoms with van der Waals surface area (Å²) in [6.07, 6.45) is 1.50. The van der Waals surface area contributed by atoms with Crippen molar-refractivity contribution in [2.45, 2.75) is 0 Å². The number of ether oxygens (including phenoxy) is 1. The zero-order valence-electron chi connectivity index (χ0n) is 15.8. The molecule has 0 bridgehead atoms. The summed E-state index contributed by atoms with van der Waals surface area (Å²) in [5.41, 5.74) is 4.34. The summed E-state index contributed by atoms with van der Waals surface area (Å²) in [7, 11) is 0. The largest absolute Gasteiger partial charge is 0.484 e. The molecule has 0 spiro atoms. The lowest BCUT2D eigenvalue weighted by atomic mass is 10.2. The highest BCUT2D eigenvalue weighted by atomic mass is 35.5. The molecule has 0 unspecified atom stereocenters. The quantitative estimate of drug-likeness (QED) is 0.386. The second kappa shape index (κ2) is 10.6. The normalized spacial score (nSPS) is 10.4. The summed E-state index contributed by atoms with van der Waals surface area (Å²) < 4.78 is 5.46. The van der Waals surface area contributed by atoms with Crippen molar-refractivity contribution in [3.63, 3.8) is 0 Å². The molecule has 0 aliphatic heterocycles. The van der Waals surface area contributed by atoms with Gasteiger partial charge in [-0.05, 0) is 54.1 Å². The second-order valence-corrected chi connectivity index (χ2v) is 6.48. The van der Waals surface area contributed by atoms with Crippen LogP contribution in [0, 0.1) is 0 Å². The molecular formula is C22H19ClN4O3. The number of hydrogen-bond donors (Lipinski definition) is 3. The lowest BCUT2D eigenvalue weighted by Crippen LogP contribution is -2.24. The molecule has 0 atom stereocenters. The van der Waals surface area contributed by atoms with Gasteiger partial charge >= 0.3 is 6.03 Å². The van der Waals surface area contributed by atoms with Gasteiger partial charge in [0.2, 0.25) is 0 Å². The highest BCUT2D eigenvalue weighted by Gasteiger charge is 2.06. The van der Waals surface area contributed by atoms with Crippen LogP contribution in [0.25, 0.3) is 0 Å². The Kier molecular flexibility index (Phi) is 7.40. The first kappa shape index (κ1) is 20.9. The van der Waals surface area contributed by atoms with Gasteiger partial charge in [-0.15, -0.1) is 0 Å². The first-order valence-electron chi connectivity index (χ1n) is 9.02. The van der Waals surface area contributed by atoms with Crippen molar-refractivity contribution in [1.82, 2.24) is 5.43 Å². The van der Waals surface area contributed by atoms with Gasteiger partial charge in [0, 0.05) is 5.69 Å². The van der Waals surface area contributed by atoms with E-state index in [4.69, 9.17) is 16.3 Å². The molecule has 152 valence electrons. The predicted octanol–water partition coefficient (Wildman–Crippen LogP) is 4.51. The summed E-state index contributed by atoms with van der Waals surface area (Å²) in [5.74, 6) is 0.207. The van der Waals surface area contributed by atoms with Crippen LogP contribution < -0.4 is 20.8 Å². The van der Waals surface area contributed by atoms with Crippen molar-refractivity contribution < 1.29 is 14.3 Å². The van der Waals surface area contributed by atoms with E-state index >= 15 is 0 Å². The fourth-order valence-corrected chi connectivity index (χ4v) is 2.58. The van der Waals surface area contributed by atoms with E-state index in [2.05, 4.69) is 21.2 Å². The smallest absolute Gasteiger partial charge is 0.339 e. The standard InChI is InChI=1S/C22H19ClN4O3/c23-19-8-4-5-9-20(19)26-21(28)15-30-18-12-10-16(11-13-18)14-24-27-22(29)25-17-6-2-1-3-7-17/h1-14H,15H2,(H,26,28)(H2,25,27,29)/b24-14-. The van der Waals surface area contributed by atoms with Gasteiger partial charge in [-0.2, -0.15) is 5.10 Å². The van der Waals surface area contributed by atoms with Crippen LogP contribution in [0.15, 0.2) is 84.0 Å². The number of urea groups is 1. The topological polar surface area (TPSA) is 91.8 Å². The van der Waals surface area contributed by atoms with Crippen LogP contribution in [0.3, 0.4) is 0 Å². The first-order chi connectivity index (χ1) is 14.6. The Hall–Kier alpha value is -3.84. The maximum absolute atomic E-state index is 12.0. The molecule has 0 aliphatic rings. The Labute approximate surface area is 178 Å². The van der Waals surface area contributed by atoms with E-state index in [1.165, 1.54) is 6.21 Å². The van der Waals surface area contributed by atoms with E-state index in [9.17, 15) is 9.59 Å². The number of halogens is 1. The van der Waals surface area contributed by atoms with Crippen LogP contribution in [0.2, 0.25) is 5.02 Å². The fraction of sp³-hybridized carbons (Fsp3) is 0.0455. The Morgan fingerprint density at radius 2 is 1.60 bits per heavy atom. The van der Waals surface area contributed by atoms with Gasteiger partial charge in [0.05, 0.1) is 16.9 Å². The number of anilines is 2. The van der Waals surface area contributed by atoms with Gasteiger partial charge in [0.25, 0.3) is 5.91 Å². The summed E-state index contributed by atoms with van der Waals surface area (Å²) in [6.45, 7) is -0.153. The molecule has 0 heterocycles. The van der Waals surface area contributed by atoms with E-state index < -0.39 is 6.03 Å². The fourth-order valence-electron chi connectivity index (χ4n) is 2.39. The molecule has 0 fully saturated rings. The Bertz CT molecular complexity index is 1020. The van der Waals surface area contributed by atoms with Crippen molar-refractivity contribution in [3.8, 4) is 5.75 Å². The van der Waals surface area contributed by atoms with Gasteiger partial charge in [0.15, 0.2) is 6.61 Å². The molecule has 8 heteroatoms. The third-order valence-electron chi connectivity index (χ3n) is 3.81. The zero-order valence-corrected chi connectivity index (χ0v) is 16.6. The Balaban J connectivity index is 1.43. The number of rotatable bonds is 7. The van der Waals surface area contributed by atoms with Crippen molar-refractivity contribution in [2.75, 3.05) is 17.2 Å². The molecule has 0 radical (unpaired) electrons. The molecule has 0 aromatic heterocycles. The third-order valence-corrected chi connectivity index (χ3v) is 4.14. The molecule has 0 saturated heterocycles. The van der Waals surface area contributed by atoms with Crippen molar-refractivity contribution in [1.29, 1.82) is 0 Å². The predicted molar refractivity (Wildman–Crippen MR) is 118 cm³/mol. The number of carbonyl (C=O) groups excluding carboxylic acids is 2. The van der Waals surface area contributed by atoms with Crippen molar-refractivity contribution in [2.24, 2.45) is 5.10 Å². The Morgan fingerprint density at radius 1 is 0.900 bits per heavy atom. The Morgan fingerprint density at radius 3 is 2.33 bits per heavy atom. The maximum Gasteiger partial charge on any atom is 0.339 e. The summed E-state index contributed by atoms with van der Waals surface area (Å²) in [4.78, 5) is 23.7. The number of nitrogens with zero attached hydrogens (tertiary/aromatic N) is 1. The van der Waals surface area contributed by atoms with Crippen molar-refractivity contribution >= 4 is 41.1 Å². The molecule has 7 nitrogen and oxygen atoms in total. The number of amides is 3. The number of para-hydroxylation sites is 2. The number of hydrogen-bond acceptors (Lipinski definition) is 4. The number of hydrazone groups is 1. The average Bonchev–Trinajstić information content (AvgIpc) is 2.75. The number of benzene rings is 3.